The molecule has 0 N–H and O–H groups in total. The lowest BCUT2D eigenvalue weighted by molar-refractivity contribution is 0.972. The number of halogens is 1. The second kappa shape index (κ2) is 5.25. The van der Waals surface area contributed by atoms with Gasteiger partial charge in [0.25, 0.3) is 0 Å². The van der Waals surface area contributed by atoms with E-state index in [0.29, 0.717) is 4.83 Å². The molecule has 2 aromatic carbocycles. The zero-order valence-corrected chi connectivity index (χ0v) is 12.2. The summed E-state index contributed by atoms with van der Waals surface area (Å²) >= 11 is 5.58. The number of thiophene rings is 1. The minimum Gasteiger partial charge on any atom is -0.148 e. The number of benzene rings is 2. The summed E-state index contributed by atoms with van der Waals surface area (Å²) in [6.07, 6.45) is 1.03. The van der Waals surface area contributed by atoms with E-state index in [1.165, 1.54) is 21.2 Å². The Balaban J connectivity index is 1.86. The van der Waals surface area contributed by atoms with Gasteiger partial charge in [-0.25, -0.2) is 0 Å². The zero-order chi connectivity index (χ0) is 12.4. The van der Waals surface area contributed by atoms with Crippen molar-refractivity contribution in [3.8, 4) is 0 Å². The lowest BCUT2D eigenvalue weighted by atomic mass is 10.0. The zero-order valence-electron chi connectivity index (χ0n) is 9.84. The van der Waals surface area contributed by atoms with Crippen LogP contribution in [0.15, 0.2) is 60.0 Å². The molecule has 1 unspecified atom stereocenters. The van der Waals surface area contributed by atoms with E-state index in [1.54, 1.807) is 0 Å². The molecule has 1 aromatic heterocycles. The first-order valence-corrected chi connectivity index (χ1v) is 7.77. The molecule has 90 valence electrons. The summed E-state index contributed by atoms with van der Waals surface area (Å²) in [4.78, 5) is 1.81. The lowest BCUT2D eigenvalue weighted by Crippen LogP contribution is -1.92. The summed E-state index contributed by atoms with van der Waals surface area (Å²) in [7, 11) is 0. The van der Waals surface area contributed by atoms with Gasteiger partial charge in [0.2, 0.25) is 0 Å². The van der Waals surface area contributed by atoms with Crippen LogP contribution in [-0.4, -0.2) is 0 Å². The van der Waals surface area contributed by atoms with Crippen LogP contribution < -0.4 is 0 Å². The van der Waals surface area contributed by atoms with E-state index in [2.05, 4.69) is 75.9 Å². The van der Waals surface area contributed by atoms with E-state index in [9.17, 15) is 0 Å². The van der Waals surface area contributed by atoms with Crippen molar-refractivity contribution >= 4 is 38.0 Å². The second-order valence-corrected chi connectivity index (χ2v) is 6.45. The number of fused-ring (bicyclic) bond motifs is 1. The maximum atomic E-state index is 3.78. The molecule has 0 aliphatic rings. The van der Waals surface area contributed by atoms with Crippen LogP contribution >= 0.6 is 27.3 Å². The summed E-state index contributed by atoms with van der Waals surface area (Å²) in [5.41, 5.74) is 1.38. The second-order valence-electron chi connectivity index (χ2n) is 4.37. The fraction of sp³-hybridized carbons (Fsp3) is 0.125. The molecule has 1 atom stereocenters. The SMILES string of the molecule is BrC(Cc1ccc2ccccc2c1)c1cccs1. The molecule has 0 fully saturated rings. The van der Waals surface area contributed by atoms with Crippen molar-refractivity contribution in [2.75, 3.05) is 0 Å². The van der Waals surface area contributed by atoms with Crippen molar-refractivity contribution in [2.45, 2.75) is 11.2 Å². The molecule has 0 saturated carbocycles. The van der Waals surface area contributed by atoms with E-state index in [-0.39, 0.29) is 0 Å². The highest BCUT2D eigenvalue weighted by atomic mass is 79.9. The first-order valence-electron chi connectivity index (χ1n) is 5.98. The Kier molecular flexibility index (Phi) is 3.48. The summed E-state index contributed by atoms with van der Waals surface area (Å²) in [6.45, 7) is 0. The van der Waals surface area contributed by atoms with Crippen LogP contribution in [0.2, 0.25) is 0 Å². The fourth-order valence-corrected chi connectivity index (χ4v) is 3.70. The Bertz CT molecular complexity index is 643. The molecule has 0 spiro atoms. The predicted octanol–water partition coefficient (Wildman–Crippen LogP) is 5.58. The summed E-state index contributed by atoms with van der Waals surface area (Å²) in [5, 5.41) is 4.76. The van der Waals surface area contributed by atoms with Crippen molar-refractivity contribution in [1.29, 1.82) is 0 Å². The van der Waals surface area contributed by atoms with Gasteiger partial charge in [-0.2, -0.15) is 0 Å². The highest BCUT2D eigenvalue weighted by Crippen LogP contribution is 2.31. The molecule has 0 aliphatic carbocycles. The molecule has 0 nitrogen and oxygen atoms in total. The van der Waals surface area contributed by atoms with Crippen LogP contribution in [0.5, 0.6) is 0 Å². The summed E-state index contributed by atoms with van der Waals surface area (Å²) in [5.74, 6) is 0. The van der Waals surface area contributed by atoms with Gasteiger partial charge in [-0.1, -0.05) is 64.5 Å². The molecule has 18 heavy (non-hydrogen) atoms. The number of hydrogen-bond acceptors (Lipinski definition) is 1. The minimum absolute atomic E-state index is 0.415. The highest BCUT2D eigenvalue weighted by molar-refractivity contribution is 9.09. The average molecular weight is 317 g/mol. The van der Waals surface area contributed by atoms with Gasteiger partial charge in [-0.05, 0) is 34.2 Å². The first kappa shape index (κ1) is 11.9. The molecule has 0 amide bonds. The molecular formula is C16H13BrS. The van der Waals surface area contributed by atoms with E-state index >= 15 is 0 Å². The Morgan fingerprint density at radius 1 is 0.944 bits per heavy atom. The molecule has 1 heterocycles. The van der Waals surface area contributed by atoms with Crippen LogP contribution in [0.1, 0.15) is 15.3 Å². The smallest absolute Gasteiger partial charge is 0.0529 e. The van der Waals surface area contributed by atoms with Gasteiger partial charge in [-0.15, -0.1) is 11.3 Å². The van der Waals surface area contributed by atoms with Gasteiger partial charge in [0.15, 0.2) is 0 Å². The fourth-order valence-electron chi connectivity index (χ4n) is 2.14. The van der Waals surface area contributed by atoms with Crippen LogP contribution in [0.3, 0.4) is 0 Å². The minimum atomic E-state index is 0.415. The molecule has 2 heteroatoms. The van der Waals surface area contributed by atoms with Crippen LogP contribution in [-0.2, 0) is 6.42 Å². The van der Waals surface area contributed by atoms with E-state index in [0.717, 1.165) is 6.42 Å². The maximum absolute atomic E-state index is 3.78. The summed E-state index contributed by atoms with van der Waals surface area (Å²) in [6, 6.07) is 19.5. The lowest BCUT2D eigenvalue weighted by Gasteiger charge is -2.08. The molecule has 3 rings (SSSR count). The molecule has 0 saturated heterocycles. The quantitative estimate of drug-likeness (QED) is 0.553. The van der Waals surface area contributed by atoms with Gasteiger partial charge in [0.1, 0.15) is 0 Å². The van der Waals surface area contributed by atoms with Crippen molar-refractivity contribution in [3.63, 3.8) is 0 Å². The topological polar surface area (TPSA) is 0 Å². The largest absolute Gasteiger partial charge is 0.148 e. The van der Waals surface area contributed by atoms with Gasteiger partial charge < -0.3 is 0 Å². The monoisotopic (exact) mass is 316 g/mol. The van der Waals surface area contributed by atoms with Gasteiger partial charge >= 0.3 is 0 Å². The van der Waals surface area contributed by atoms with Crippen molar-refractivity contribution in [2.24, 2.45) is 0 Å². The van der Waals surface area contributed by atoms with Gasteiger partial charge in [0.05, 0.1) is 4.83 Å². The molecule has 0 bridgehead atoms. The molecule has 0 radical (unpaired) electrons. The van der Waals surface area contributed by atoms with Crippen LogP contribution in [0.4, 0.5) is 0 Å². The van der Waals surface area contributed by atoms with Crippen LogP contribution in [0, 0.1) is 0 Å². The predicted molar refractivity (Wildman–Crippen MR) is 83.6 cm³/mol. The third kappa shape index (κ3) is 2.50. The van der Waals surface area contributed by atoms with Gasteiger partial charge in [0, 0.05) is 4.88 Å². The number of alkyl halides is 1. The highest BCUT2D eigenvalue weighted by Gasteiger charge is 2.09. The summed E-state index contributed by atoms with van der Waals surface area (Å²) < 4.78 is 0. The Morgan fingerprint density at radius 2 is 1.78 bits per heavy atom. The van der Waals surface area contributed by atoms with Crippen molar-refractivity contribution < 1.29 is 0 Å². The first-order chi connectivity index (χ1) is 8.83. The van der Waals surface area contributed by atoms with E-state index < -0.39 is 0 Å². The third-order valence-electron chi connectivity index (χ3n) is 3.08. The van der Waals surface area contributed by atoms with E-state index in [1.807, 2.05) is 11.3 Å². The Labute approximate surface area is 119 Å². The normalized spacial score (nSPS) is 12.7. The molecule has 0 aliphatic heterocycles. The number of hydrogen-bond donors (Lipinski definition) is 0. The van der Waals surface area contributed by atoms with Crippen molar-refractivity contribution in [1.82, 2.24) is 0 Å². The molecule has 3 aromatic rings. The maximum Gasteiger partial charge on any atom is 0.0529 e. The van der Waals surface area contributed by atoms with Gasteiger partial charge in [-0.3, -0.25) is 0 Å². The van der Waals surface area contributed by atoms with E-state index in [4.69, 9.17) is 0 Å². The van der Waals surface area contributed by atoms with Crippen molar-refractivity contribution in [3.05, 3.63) is 70.4 Å². The Hall–Kier alpha value is -1.12. The average Bonchev–Trinajstić information content (AvgIpc) is 2.92. The Morgan fingerprint density at radius 3 is 2.56 bits per heavy atom. The number of rotatable bonds is 3. The molecular weight excluding hydrogens is 304 g/mol. The third-order valence-corrected chi connectivity index (χ3v) is 5.19. The van der Waals surface area contributed by atoms with Crippen LogP contribution in [0.25, 0.3) is 10.8 Å². The standard InChI is InChI=1S/C16H13BrS/c17-15(16-6-3-9-18-16)11-12-7-8-13-4-1-2-5-14(13)10-12/h1-10,15H,11H2.